The number of halogens is 3. The standard InChI is InChI=1S/C16H15F3N2O3/c1-23-11-6-7-14(24-15(18)19)13(8-11)21-16(22)20-9-10-4-2-3-5-12(10)17/h2-8,15H,9H2,1H3,(H2,20,21,22). The maximum atomic E-state index is 13.5. The lowest BCUT2D eigenvalue weighted by Gasteiger charge is -2.14. The van der Waals surface area contributed by atoms with Gasteiger partial charge in [-0.3, -0.25) is 0 Å². The summed E-state index contributed by atoms with van der Waals surface area (Å²) in [6, 6.07) is 9.25. The Kier molecular flexibility index (Phi) is 5.89. The van der Waals surface area contributed by atoms with Gasteiger partial charge in [0.1, 0.15) is 17.3 Å². The number of anilines is 1. The number of methoxy groups -OCH3 is 1. The minimum absolute atomic E-state index is 0.000633. The highest BCUT2D eigenvalue weighted by Gasteiger charge is 2.13. The van der Waals surface area contributed by atoms with Crippen molar-refractivity contribution in [2.45, 2.75) is 13.2 Å². The van der Waals surface area contributed by atoms with Gasteiger partial charge in [0, 0.05) is 18.2 Å². The van der Waals surface area contributed by atoms with Crippen molar-refractivity contribution in [1.29, 1.82) is 0 Å². The minimum Gasteiger partial charge on any atom is -0.497 e. The molecule has 2 amide bonds. The summed E-state index contributed by atoms with van der Waals surface area (Å²) in [5.74, 6) is -0.325. The van der Waals surface area contributed by atoms with Crippen molar-refractivity contribution in [3.8, 4) is 11.5 Å². The fourth-order valence-electron chi connectivity index (χ4n) is 1.92. The number of carbonyl (C=O) groups is 1. The van der Waals surface area contributed by atoms with Crippen LogP contribution in [-0.2, 0) is 6.54 Å². The van der Waals surface area contributed by atoms with E-state index in [1.54, 1.807) is 6.07 Å². The molecule has 2 rings (SSSR count). The van der Waals surface area contributed by atoms with Gasteiger partial charge in [0.05, 0.1) is 12.8 Å². The van der Waals surface area contributed by atoms with Gasteiger partial charge >= 0.3 is 12.6 Å². The first-order chi connectivity index (χ1) is 11.5. The summed E-state index contributed by atoms with van der Waals surface area (Å²) in [4.78, 5) is 11.9. The van der Waals surface area contributed by atoms with Crippen LogP contribution in [-0.4, -0.2) is 19.8 Å². The number of amides is 2. The van der Waals surface area contributed by atoms with Crippen LogP contribution in [0.1, 0.15) is 5.56 Å². The number of hydrogen-bond donors (Lipinski definition) is 2. The van der Waals surface area contributed by atoms with Gasteiger partial charge in [-0.2, -0.15) is 8.78 Å². The molecule has 0 atom stereocenters. The monoisotopic (exact) mass is 340 g/mol. The molecule has 0 aliphatic heterocycles. The van der Waals surface area contributed by atoms with E-state index in [1.807, 2.05) is 0 Å². The molecule has 0 saturated carbocycles. The van der Waals surface area contributed by atoms with Crippen LogP contribution in [0.25, 0.3) is 0 Å². The number of carbonyl (C=O) groups excluding carboxylic acids is 1. The number of nitrogens with one attached hydrogen (secondary N) is 2. The lowest BCUT2D eigenvalue weighted by Crippen LogP contribution is -2.28. The van der Waals surface area contributed by atoms with Crippen molar-refractivity contribution in [2.75, 3.05) is 12.4 Å². The zero-order valence-corrected chi connectivity index (χ0v) is 12.7. The molecular weight excluding hydrogens is 325 g/mol. The highest BCUT2D eigenvalue weighted by Crippen LogP contribution is 2.30. The summed E-state index contributed by atoms with van der Waals surface area (Å²) >= 11 is 0. The van der Waals surface area contributed by atoms with Crippen LogP contribution in [0, 0.1) is 5.82 Å². The highest BCUT2D eigenvalue weighted by atomic mass is 19.3. The van der Waals surface area contributed by atoms with Gasteiger partial charge in [0.15, 0.2) is 0 Å². The Bertz CT molecular complexity index is 711. The van der Waals surface area contributed by atoms with Crippen molar-refractivity contribution in [3.05, 3.63) is 53.8 Å². The molecule has 128 valence electrons. The minimum atomic E-state index is -3.04. The molecule has 8 heteroatoms. The van der Waals surface area contributed by atoms with E-state index in [1.165, 1.54) is 43.5 Å². The third kappa shape index (κ3) is 4.80. The predicted octanol–water partition coefficient (Wildman–Crippen LogP) is 3.76. The van der Waals surface area contributed by atoms with Crippen LogP contribution in [0.2, 0.25) is 0 Å². The lowest BCUT2D eigenvalue weighted by molar-refractivity contribution is -0.0493. The summed E-state index contributed by atoms with van der Waals surface area (Å²) in [5, 5.41) is 4.80. The van der Waals surface area contributed by atoms with Gasteiger partial charge in [0.2, 0.25) is 0 Å². The smallest absolute Gasteiger partial charge is 0.387 e. The molecule has 2 aromatic carbocycles. The van der Waals surface area contributed by atoms with E-state index in [9.17, 15) is 18.0 Å². The van der Waals surface area contributed by atoms with Crippen LogP contribution in [0.4, 0.5) is 23.7 Å². The molecule has 0 heterocycles. The predicted molar refractivity (Wildman–Crippen MR) is 81.9 cm³/mol. The number of hydrogen-bond acceptors (Lipinski definition) is 3. The number of rotatable bonds is 6. The molecule has 0 aromatic heterocycles. The summed E-state index contributed by atoms with van der Waals surface area (Å²) in [6.45, 7) is -3.10. The van der Waals surface area contributed by atoms with Crippen LogP contribution < -0.4 is 20.1 Å². The summed E-state index contributed by atoms with van der Waals surface area (Å²) in [5.41, 5.74) is 0.294. The molecule has 0 saturated heterocycles. The number of ether oxygens (including phenoxy) is 2. The fourth-order valence-corrected chi connectivity index (χ4v) is 1.92. The molecule has 0 radical (unpaired) electrons. The first-order valence-electron chi connectivity index (χ1n) is 6.90. The van der Waals surface area contributed by atoms with E-state index in [-0.39, 0.29) is 18.0 Å². The molecule has 2 N–H and O–H groups in total. The molecule has 0 bridgehead atoms. The van der Waals surface area contributed by atoms with Crippen molar-refractivity contribution in [1.82, 2.24) is 5.32 Å². The van der Waals surface area contributed by atoms with Gasteiger partial charge in [-0.1, -0.05) is 18.2 Å². The Hall–Kier alpha value is -2.90. The Morgan fingerprint density at radius 1 is 1.21 bits per heavy atom. The average molecular weight is 340 g/mol. The third-order valence-corrected chi connectivity index (χ3v) is 3.05. The van der Waals surface area contributed by atoms with Gasteiger partial charge in [0.25, 0.3) is 0 Å². The maximum Gasteiger partial charge on any atom is 0.387 e. The summed E-state index contributed by atoms with van der Waals surface area (Å²) < 4.78 is 47.6. The van der Waals surface area contributed by atoms with E-state index in [4.69, 9.17) is 4.74 Å². The van der Waals surface area contributed by atoms with Crippen molar-refractivity contribution >= 4 is 11.7 Å². The van der Waals surface area contributed by atoms with Crippen molar-refractivity contribution in [2.24, 2.45) is 0 Å². The molecule has 0 aliphatic carbocycles. The van der Waals surface area contributed by atoms with E-state index in [0.29, 0.717) is 11.3 Å². The third-order valence-electron chi connectivity index (χ3n) is 3.05. The molecule has 0 aliphatic rings. The zero-order chi connectivity index (χ0) is 17.5. The second-order valence-electron chi connectivity index (χ2n) is 4.64. The zero-order valence-electron chi connectivity index (χ0n) is 12.7. The van der Waals surface area contributed by atoms with Crippen LogP contribution in [0.5, 0.6) is 11.5 Å². The Morgan fingerprint density at radius 3 is 2.62 bits per heavy atom. The topological polar surface area (TPSA) is 59.6 Å². The van der Waals surface area contributed by atoms with E-state index < -0.39 is 18.5 Å². The summed E-state index contributed by atoms with van der Waals surface area (Å²) in [6.07, 6.45) is 0. The first kappa shape index (κ1) is 17.5. The maximum absolute atomic E-state index is 13.5. The van der Waals surface area contributed by atoms with Gasteiger partial charge < -0.3 is 20.1 Å². The molecule has 0 unspecified atom stereocenters. The van der Waals surface area contributed by atoms with Crippen LogP contribution in [0.3, 0.4) is 0 Å². The van der Waals surface area contributed by atoms with E-state index in [0.717, 1.165) is 0 Å². The van der Waals surface area contributed by atoms with Crippen molar-refractivity contribution < 1.29 is 27.4 Å². The molecule has 24 heavy (non-hydrogen) atoms. The average Bonchev–Trinajstić information content (AvgIpc) is 2.55. The van der Waals surface area contributed by atoms with Gasteiger partial charge in [-0.25, -0.2) is 9.18 Å². The SMILES string of the molecule is COc1ccc(OC(F)F)c(NC(=O)NCc2ccccc2F)c1. The largest absolute Gasteiger partial charge is 0.497 e. The van der Waals surface area contributed by atoms with Gasteiger partial charge in [-0.05, 0) is 18.2 Å². The number of alkyl halides is 2. The van der Waals surface area contributed by atoms with Crippen LogP contribution in [0.15, 0.2) is 42.5 Å². The second kappa shape index (κ2) is 8.09. The molecule has 0 fully saturated rings. The van der Waals surface area contributed by atoms with E-state index in [2.05, 4.69) is 15.4 Å². The number of benzene rings is 2. The Labute approximate surface area is 136 Å². The first-order valence-corrected chi connectivity index (χ1v) is 6.90. The number of urea groups is 1. The lowest BCUT2D eigenvalue weighted by atomic mass is 10.2. The molecule has 2 aromatic rings. The van der Waals surface area contributed by atoms with Crippen LogP contribution >= 0.6 is 0 Å². The fraction of sp³-hybridized carbons (Fsp3) is 0.188. The second-order valence-corrected chi connectivity index (χ2v) is 4.64. The quantitative estimate of drug-likeness (QED) is 0.842. The van der Waals surface area contributed by atoms with E-state index >= 15 is 0 Å². The summed E-state index contributed by atoms with van der Waals surface area (Å²) in [7, 11) is 1.39. The van der Waals surface area contributed by atoms with Crippen molar-refractivity contribution in [3.63, 3.8) is 0 Å². The normalized spacial score (nSPS) is 10.4. The Balaban J connectivity index is 2.05. The molecule has 5 nitrogen and oxygen atoms in total. The van der Waals surface area contributed by atoms with Gasteiger partial charge in [-0.15, -0.1) is 0 Å². The highest BCUT2D eigenvalue weighted by molar-refractivity contribution is 5.91. The molecule has 0 spiro atoms. The molecular formula is C16H15F3N2O3. The Morgan fingerprint density at radius 2 is 1.96 bits per heavy atom.